The summed E-state index contributed by atoms with van der Waals surface area (Å²) in [5.74, 6) is 1.37. The van der Waals surface area contributed by atoms with E-state index in [-0.39, 0.29) is 5.91 Å². The van der Waals surface area contributed by atoms with Crippen molar-refractivity contribution in [3.63, 3.8) is 0 Å². The first kappa shape index (κ1) is 13.9. The van der Waals surface area contributed by atoms with E-state index >= 15 is 0 Å². The Bertz CT molecular complexity index is 470. The minimum absolute atomic E-state index is 0.192. The molecule has 1 aromatic carbocycles. The number of methoxy groups -OCH3 is 1. The SMILES string of the molecule is COc1ccc(C(C)O)cc1CN1CC(C)CC1=O. The van der Waals surface area contributed by atoms with Gasteiger partial charge in [0, 0.05) is 25.1 Å². The molecule has 0 saturated carbocycles. The average molecular weight is 263 g/mol. The van der Waals surface area contributed by atoms with Crippen LogP contribution in [0.25, 0.3) is 0 Å². The maximum absolute atomic E-state index is 11.8. The predicted molar refractivity (Wildman–Crippen MR) is 72.8 cm³/mol. The summed E-state index contributed by atoms with van der Waals surface area (Å²) in [5, 5.41) is 9.65. The van der Waals surface area contributed by atoms with E-state index in [1.807, 2.05) is 23.1 Å². The second-order valence-corrected chi connectivity index (χ2v) is 5.33. The van der Waals surface area contributed by atoms with Crippen LogP contribution in [0.2, 0.25) is 0 Å². The second-order valence-electron chi connectivity index (χ2n) is 5.33. The molecule has 0 bridgehead atoms. The van der Waals surface area contributed by atoms with Crippen molar-refractivity contribution < 1.29 is 14.6 Å². The van der Waals surface area contributed by atoms with Gasteiger partial charge >= 0.3 is 0 Å². The molecule has 19 heavy (non-hydrogen) atoms. The number of hydrogen-bond donors (Lipinski definition) is 1. The van der Waals surface area contributed by atoms with Crippen LogP contribution in [-0.2, 0) is 11.3 Å². The van der Waals surface area contributed by atoms with E-state index < -0.39 is 6.10 Å². The first-order chi connectivity index (χ1) is 9.01. The highest BCUT2D eigenvalue weighted by atomic mass is 16.5. The highest BCUT2D eigenvalue weighted by molar-refractivity contribution is 5.78. The lowest BCUT2D eigenvalue weighted by Crippen LogP contribution is -2.24. The first-order valence-corrected chi connectivity index (χ1v) is 6.64. The predicted octanol–water partition coefficient (Wildman–Crippen LogP) is 2.12. The molecule has 1 N–H and O–H groups in total. The molecular weight excluding hydrogens is 242 g/mol. The third-order valence-corrected chi connectivity index (χ3v) is 3.56. The summed E-state index contributed by atoms with van der Waals surface area (Å²) in [6.07, 6.45) is 0.108. The zero-order valence-corrected chi connectivity index (χ0v) is 11.7. The largest absolute Gasteiger partial charge is 0.496 e. The fraction of sp³-hybridized carbons (Fsp3) is 0.533. The van der Waals surface area contributed by atoms with Crippen molar-refractivity contribution >= 4 is 5.91 Å². The Hall–Kier alpha value is -1.55. The molecule has 2 unspecified atom stereocenters. The van der Waals surface area contributed by atoms with Crippen molar-refractivity contribution in [2.24, 2.45) is 5.92 Å². The van der Waals surface area contributed by atoms with Crippen LogP contribution in [0.5, 0.6) is 5.75 Å². The number of carbonyl (C=O) groups excluding carboxylic acids is 1. The Kier molecular flexibility index (Phi) is 4.10. The Morgan fingerprint density at radius 3 is 2.79 bits per heavy atom. The zero-order valence-electron chi connectivity index (χ0n) is 11.7. The topological polar surface area (TPSA) is 49.8 Å². The molecule has 1 heterocycles. The standard InChI is InChI=1S/C15H21NO3/c1-10-6-15(18)16(8-10)9-13-7-12(11(2)17)4-5-14(13)19-3/h4-5,7,10-11,17H,6,8-9H2,1-3H3. The lowest BCUT2D eigenvalue weighted by Gasteiger charge is -2.19. The summed E-state index contributed by atoms with van der Waals surface area (Å²) in [6.45, 7) is 5.16. The third-order valence-electron chi connectivity index (χ3n) is 3.56. The van der Waals surface area contributed by atoms with Crippen LogP contribution in [0, 0.1) is 5.92 Å². The van der Waals surface area contributed by atoms with E-state index in [4.69, 9.17) is 4.74 Å². The molecule has 1 aromatic rings. The minimum Gasteiger partial charge on any atom is -0.496 e. The molecule has 2 rings (SSSR count). The molecule has 1 aliphatic heterocycles. The average Bonchev–Trinajstić information content (AvgIpc) is 2.67. The van der Waals surface area contributed by atoms with Gasteiger partial charge in [-0.3, -0.25) is 4.79 Å². The molecule has 4 heteroatoms. The molecule has 0 aromatic heterocycles. The van der Waals surface area contributed by atoms with E-state index in [2.05, 4.69) is 6.92 Å². The van der Waals surface area contributed by atoms with Crippen molar-refractivity contribution in [1.29, 1.82) is 0 Å². The number of amides is 1. The Morgan fingerprint density at radius 1 is 1.53 bits per heavy atom. The fourth-order valence-electron chi connectivity index (χ4n) is 2.51. The van der Waals surface area contributed by atoms with Crippen molar-refractivity contribution in [2.45, 2.75) is 32.9 Å². The lowest BCUT2D eigenvalue weighted by atomic mass is 10.1. The number of carbonyl (C=O) groups is 1. The van der Waals surface area contributed by atoms with Gasteiger partial charge in [-0.2, -0.15) is 0 Å². The molecule has 1 saturated heterocycles. The Labute approximate surface area is 114 Å². The number of benzene rings is 1. The van der Waals surface area contributed by atoms with Crippen LogP contribution in [0.4, 0.5) is 0 Å². The molecular formula is C15H21NO3. The number of rotatable bonds is 4. The number of hydrogen-bond acceptors (Lipinski definition) is 3. The van der Waals surface area contributed by atoms with Gasteiger partial charge in [-0.15, -0.1) is 0 Å². The van der Waals surface area contributed by atoms with Gasteiger partial charge < -0.3 is 14.7 Å². The summed E-state index contributed by atoms with van der Waals surface area (Å²) in [7, 11) is 1.62. The summed E-state index contributed by atoms with van der Waals surface area (Å²) in [5.41, 5.74) is 1.79. The first-order valence-electron chi connectivity index (χ1n) is 6.64. The molecule has 1 aliphatic rings. The normalized spacial score (nSPS) is 20.7. The van der Waals surface area contributed by atoms with Crippen LogP contribution >= 0.6 is 0 Å². The van der Waals surface area contributed by atoms with Gasteiger partial charge in [0.05, 0.1) is 13.2 Å². The molecule has 1 amide bonds. The van der Waals surface area contributed by atoms with E-state index in [9.17, 15) is 9.90 Å². The van der Waals surface area contributed by atoms with Gasteiger partial charge in [-0.25, -0.2) is 0 Å². The summed E-state index contributed by atoms with van der Waals surface area (Å²) < 4.78 is 5.33. The molecule has 0 radical (unpaired) electrons. The highest BCUT2D eigenvalue weighted by Gasteiger charge is 2.27. The van der Waals surface area contributed by atoms with Crippen molar-refractivity contribution in [1.82, 2.24) is 4.90 Å². The van der Waals surface area contributed by atoms with Crippen LogP contribution in [0.1, 0.15) is 37.5 Å². The van der Waals surface area contributed by atoms with Gasteiger partial charge in [0.25, 0.3) is 0 Å². The van der Waals surface area contributed by atoms with E-state index in [0.29, 0.717) is 18.9 Å². The quantitative estimate of drug-likeness (QED) is 0.905. The molecule has 0 spiro atoms. The lowest BCUT2D eigenvalue weighted by molar-refractivity contribution is -0.128. The van der Waals surface area contributed by atoms with Crippen molar-refractivity contribution in [2.75, 3.05) is 13.7 Å². The van der Waals surface area contributed by atoms with Gasteiger partial charge in [0.15, 0.2) is 0 Å². The van der Waals surface area contributed by atoms with E-state index in [1.54, 1.807) is 14.0 Å². The molecule has 1 fully saturated rings. The molecule has 104 valence electrons. The van der Waals surface area contributed by atoms with Crippen molar-refractivity contribution in [3.05, 3.63) is 29.3 Å². The smallest absolute Gasteiger partial charge is 0.223 e. The van der Waals surface area contributed by atoms with Gasteiger partial charge in [-0.1, -0.05) is 13.0 Å². The number of likely N-dealkylation sites (tertiary alicyclic amines) is 1. The maximum atomic E-state index is 11.8. The van der Waals surface area contributed by atoms with Crippen LogP contribution in [0.15, 0.2) is 18.2 Å². The Morgan fingerprint density at radius 2 is 2.26 bits per heavy atom. The highest BCUT2D eigenvalue weighted by Crippen LogP contribution is 2.27. The fourth-order valence-corrected chi connectivity index (χ4v) is 2.51. The minimum atomic E-state index is -0.516. The Balaban J connectivity index is 2.22. The van der Waals surface area contributed by atoms with Crippen molar-refractivity contribution in [3.8, 4) is 5.75 Å². The number of aliphatic hydroxyl groups is 1. The van der Waals surface area contributed by atoms with E-state index in [1.165, 1.54) is 0 Å². The summed E-state index contributed by atoms with van der Waals surface area (Å²) >= 11 is 0. The number of aliphatic hydroxyl groups excluding tert-OH is 1. The van der Waals surface area contributed by atoms with Gasteiger partial charge in [-0.05, 0) is 30.5 Å². The van der Waals surface area contributed by atoms with Crippen LogP contribution in [0.3, 0.4) is 0 Å². The van der Waals surface area contributed by atoms with E-state index in [0.717, 1.165) is 23.4 Å². The second kappa shape index (κ2) is 5.61. The zero-order chi connectivity index (χ0) is 14.0. The van der Waals surface area contributed by atoms with Crippen LogP contribution in [-0.4, -0.2) is 29.6 Å². The van der Waals surface area contributed by atoms with Gasteiger partial charge in [0.2, 0.25) is 5.91 Å². The molecule has 2 atom stereocenters. The maximum Gasteiger partial charge on any atom is 0.223 e. The molecule has 4 nitrogen and oxygen atoms in total. The summed E-state index contributed by atoms with van der Waals surface area (Å²) in [6, 6.07) is 5.61. The van der Waals surface area contributed by atoms with Crippen LogP contribution < -0.4 is 4.74 Å². The third kappa shape index (κ3) is 3.07. The summed E-state index contributed by atoms with van der Waals surface area (Å²) in [4.78, 5) is 13.7. The van der Waals surface area contributed by atoms with Gasteiger partial charge in [0.1, 0.15) is 5.75 Å². The number of nitrogens with zero attached hydrogens (tertiary/aromatic N) is 1. The molecule has 0 aliphatic carbocycles. The number of ether oxygens (including phenoxy) is 1. The monoisotopic (exact) mass is 263 g/mol.